The standard InChI is InChI=1S/C11H14N2S/c1-6-5-9-10(8(3)7(6)2)12-11(14)13(9)4/h5H,1-4H3,(H,12,14). The van der Waals surface area contributed by atoms with Crippen LogP contribution in [-0.2, 0) is 7.05 Å². The van der Waals surface area contributed by atoms with Gasteiger partial charge in [-0.3, -0.25) is 0 Å². The molecule has 0 saturated carbocycles. The third kappa shape index (κ3) is 1.16. The van der Waals surface area contributed by atoms with Crippen LogP contribution in [0.25, 0.3) is 11.0 Å². The molecule has 0 unspecified atom stereocenters. The fourth-order valence-electron chi connectivity index (χ4n) is 1.73. The van der Waals surface area contributed by atoms with Gasteiger partial charge in [-0.05, 0) is 43.5 Å². The molecule has 0 aliphatic carbocycles. The maximum Gasteiger partial charge on any atom is 0.165 e. The molecule has 0 bridgehead atoms. The van der Waals surface area contributed by atoms with Gasteiger partial charge >= 0.3 is 0 Å². The van der Waals surface area contributed by atoms with Crippen LogP contribution in [-0.4, -0.2) is 9.55 Å². The zero-order valence-corrected chi connectivity index (χ0v) is 9.81. The lowest BCUT2D eigenvalue weighted by Crippen LogP contribution is -1.91. The van der Waals surface area contributed by atoms with Gasteiger partial charge in [0, 0.05) is 7.05 Å². The predicted octanol–water partition coefficient (Wildman–Crippen LogP) is 2.79. The van der Waals surface area contributed by atoms with Gasteiger partial charge in [0.2, 0.25) is 0 Å². The highest BCUT2D eigenvalue weighted by Gasteiger charge is 2.10. The number of nitrogens with zero attached hydrogens (tertiary/aromatic N) is 2. The summed E-state index contributed by atoms with van der Waals surface area (Å²) in [6.45, 7) is 6.38. The summed E-state index contributed by atoms with van der Waals surface area (Å²) in [5.41, 5.74) is 6.13. The van der Waals surface area contributed by atoms with Gasteiger partial charge in [-0.2, -0.15) is 0 Å². The van der Waals surface area contributed by atoms with Gasteiger partial charge in [-0.25, -0.2) is 4.98 Å². The second kappa shape index (κ2) is 3.02. The fourth-order valence-corrected chi connectivity index (χ4v) is 1.93. The summed E-state index contributed by atoms with van der Waals surface area (Å²) < 4.78 is 2.01. The van der Waals surface area contributed by atoms with E-state index >= 15 is 0 Å². The Hall–Kier alpha value is -0.960. The fraction of sp³-hybridized carbons (Fsp3) is 0.364. The number of benzene rings is 1. The molecule has 0 fully saturated rings. The highest BCUT2D eigenvalue weighted by molar-refractivity contribution is 7.80. The normalized spacial score (nSPS) is 11.2. The summed E-state index contributed by atoms with van der Waals surface area (Å²) in [7, 11) is 1.99. The van der Waals surface area contributed by atoms with Crippen molar-refractivity contribution in [3.05, 3.63) is 22.8 Å². The Morgan fingerprint density at radius 1 is 1.21 bits per heavy atom. The van der Waals surface area contributed by atoms with Crippen LogP contribution in [0.5, 0.6) is 0 Å². The third-order valence-electron chi connectivity index (χ3n) is 2.98. The molecule has 0 aliphatic heterocycles. The summed E-state index contributed by atoms with van der Waals surface area (Å²) in [5, 5.41) is 0.771. The highest BCUT2D eigenvalue weighted by atomic mass is 32.1. The van der Waals surface area contributed by atoms with E-state index in [2.05, 4.69) is 44.5 Å². The molecular weight excluding hydrogens is 192 g/mol. The summed E-state index contributed by atoms with van der Waals surface area (Å²) in [5.74, 6) is 0. The lowest BCUT2D eigenvalue weighted by atomic mass is 10.0. The first-order chi connectivity index (χ1) is 6.52. The van der Waals surface area contributed by atoms with Crippen LogP contribution in [0.1, 0.15) is 16.7 Å². The molecule has 2 nitrogen and oxygen atoms in total. The van der Waals surface area contributed by atoms with Crippen LogP contribution in [0.3, 0.4) is 0 Å². The summed E-state index contributed by atoms with van der Waals surface area (Å²) >= 11 is 4.32. The molecule has 3 heteroatoms. The van der Waals surface area contributed by atoms with Gasteiger partial charge < -0.3 is 4.57 Å². The molecule has 74 valence electrons. The van der Waals surface area contributed by atoms with E-state index < -0.39 is 0 Å². The van der Waals surface area contributed by atoms with E-state index in [-0.39, 0.29) is 0 Å². The molecule has 0 amide bonds. The highest BCUT2D eigenvalue weighted by Crippen LogP contribution is 2.25. The molecule has 0 radical (unpaired) electrons. The second-order valence-electron chi connectivity index (χ2n) is 3.78. The smallest absolute Gasteiger partial charge is 0.165 e. The molecule has 14 heavy (non-hydrogen) atoms. The number of imidazole rings is 1. The zero-order chi connectivity index (χ0) is 10.5. The molecule has 0 N–H and O–H groups in total. The van der Waals surface area contributed by atoms with Crippen LogP contribution in [0, 0.1) is 20.8 Å². The third-order valence-corrected chi connectivity index (χ3v) is 3.38. The van der Waals surface area contributed by atoms with Crippen LogP contribution in [0.2, 0.25) is 0 Å². The van der Waals surface area contributed by atoms with Crippen molar-refractivity contribution in [1.82, 2.24) is 9.55 Å². The second-order valence-corrected chi connectivity index (χ2v) is 4.18. The van der Waals surface area contributed by atoms with Gasteiger partial charge in [0.15, 0.2) is 5.16 Å². The maximum absolute atomic E-state index is 4.44. The topological polar surface area (TPSA) is 17.8 Å². The number of hydrogen-bond donors (Lipinski definition) is 1. The van der Waals surface area contributed by atoms with Crippen LogP contribution < -0.4 is 0 Å². The Balaban J connectivity index is 2.98. The van der Waals surface area contributed by atoms with Crippen molar-refractivity contribution >= 4 is 23.7 Å². The maximum atomic E-state index is 4.44. The lowest BCUT2D eigenvalue weighted by Gasteiger charge is -2.05. The van der Waals surface area contributed by atoms with Crippen molar-refractivity contribution < 1.29 is 0 Å². The summed E-state index contributed by atoms with van der Waals surface area (Å²) in [6, 6.07) is 2.17. The van der Waals surface area contributed by atoms with Gasteiger partial charge in [0.25, 0.3) is 0 Å². The van der Waals surface area contributed by atoms with Crippen LogP contribution in [0.4, 0.5) is 0 Å². The molecule has 0 saturated heterocycles. The Kier molecular flexibility index (Phi) is 2.07. The van der Waals surface area contributed by atoms with E-state index in [1.807, 2.05) is 11.6 Å². The number of aromatic nitrogens is 2. The SMILES string of the molecule is Cc1cc2c(nc(S)n2C)c(C)c1C. The molecule has 2 rings (SSSR count). The number of hydrogen-bond acceptors (Lipinski definition) is 2. The molecule has 0 spiro atoms. The minimum absolute atomic E-state index is 0.771. The molecular formula is C11H14N2S. The minimum Gasteiger partial charge on any atom is -0.322 e. The zero-order valence-electron chi connectivity index (χ0n) is 8.92. The molecule has 1 heterocycles. The number of thiol groups is 1. The van der Waals surface area contributed by atoms with E-state index in [0.717, 1.165) is 16.2 Å². The van der Waals surface area contributed by atoms with Gasteiger partial charge in [-0.15, -0.1) is 12.6 Å². The van der Waals surface area contributed by atoms with Crippen molar-refractivity contribution in [2.24, 2.45) is 7.05 Å². The monoisotopic (exact) mass is 206 g/mol. The van der Waals surface area contributed by atoms with Crippen LogP contribution >= 0.6 is 12.6 Å². The van der Waals surface area contributed by atoms with Crippen molar-refractivity contribution in [2.45, 2.75) is 25.9 Å². The Morgan fingerprint density at radius 3 is 2.50 bits per heavy atom. The number of rotatable bonds is 0. The average Bonchev–Trinajstić information content (AvgIpc) is 2.42. The summed E-state index contributed by atoms with van der Waals surface area (Å²) in [6.07, 6.45) is 0. The van der Waals surface area contributed by atoms with E-state index in [1.165, 1.54) is 16.7 Å². The number of fused-ring (bicyclic) bond motifs is 1. The van der Waals surface area contributed by atoms with E-state index in [4.69, 9.17) is 0 Å². The Bertz CT molecular complexity index is 512. The summed E-state index contributed by atoms with van der Waals surface area (Å²) in [4.78, 5) is 4.44. The minimum atomic E-state index is 0.771. The van der Waals surface area contributed by atoms with E-state index in [1.54, 1.807) is 0 Å². The van der Waals surface area contributed by atoms with E-state index in [0.29, 0.717) is 0 Å². The van der Waals surface area contributed by atoms with Gasteiger partial charge in [-0.1, -0.05) is 0 Å². The quantitative estimate of drug-likeness (QED) is 0.656. The van der Waals surface area contributed by atoms with Crippen molar-refractivity contribution in [3.63, 3.8) is 0 Å². The van der Waals surface area contributed by atoms with Crippen molar-refractivity contribution in [1.29, 1.82) is 0 Å². The molecule has 1 aromatic carbocycles. The lowest BCUT2D eigenvalue weighted by molar-refractivity contribution is 0.819. The van der Waals surface area contributed by atoms with Gasteiger partial charge in [0.1, 0.15) is 0 Å². The average molecular weight is 206 g/mol. The molecule has 1 aromatic heterocycles. The Morgan fingerprint density at radius 2 is 1.86 bits per heavy atom. The Labute approximate surface area is 89.4 Å². The number of aryl methyl sites for hydroxylation is 3. The first-order valence-electron chi connectivity index (χ1n) is 4.64. The first-order valence-corrected chi connectivity index (χ1v) is 5.09. The van der Waals surface area contributed by atoms with Crippen molar-refractivity contribution in [2.75, 3.05) is 0 Å². The molecule has 2 aromatic rings. The predicted molar refractivity (Wildman–Crippen MR) is 62.2 cm³/mol. The first kappa shape index (κ1) is 9.59. The molecule has 0 atom stereocenters. The van der Waals surface area contributed by atoms with Gasteiger partial charge in [0.05, 0.1) is 11.0 Å². The largest absolute Gasteiger partial charge is 0.322 e. The van der Waals surface area contributed by atoms with Crippen molar-refractivity contribution in [3.8, 4) is 0 Å². The van der Waals surface area contributed by atoms with Crippen LogP contribution in [0.15, 0.2) is 11.2 Å². The molecule has 0 aliphatic rings. The van der Waals surface area contributed by atoms with E-state index in [9.17, 15) is 0 Å².